The number of rotatable bonds is 8. The van der Waals surface area contributed by atoms with Crippen LogP contribution in [-0.4, -0.2) is 17.5 Å². The van der Waals surface area contributed by atoms with Gasteiger partial charge in [0.25, 0.3) is 0 Å². The van der Waals surface area contributed by atoms with Crippen molar-refractivity contribution in [2.75, 3.05) is 11.5 Å². The first-order valence-corrected chi connectivity index (χ1v) is 14.7. The predicted octanol–water partition coefficient (Wildman–Crippen LogP) is 8.99. The molecule has 7 atom stereocenters. The fourth-order valence-electron chi connectivity index (χ4n) is 6.98. The summed E-state index contributed by atoms with van der Waals surface area (Å²) in [6.07, 6.45) is 11.0. The molecule has 0 bridgehead atoms. The van der Waals surface area contributed by atoms with E-state index in [0.717, 1.165) is 35.5 Å². The quantitative estimate of drug-likeness (QED) is 0.242. The van der Waals surface area contributed by atoms with E-state index in [1.165, 1.54) is 55.8 Å². The topological polar surface area (TPSA) is 12.0 Å². The van der Waals surface area contributed by atoms with Crippen molar-refractivity contribution in [3.8, 4) is 0 Å². The maximum Gasteiger partial charge on any atom is 0.0100 e. The third kappa shape index (κ3) is 7.63. The van der Waals surface area contributed by atoms with Crippen molar-refractivity contribution in [1.82, 2.24) is 5.32 Å². The molecule has 1 N–H and O–H groups in total. The van der Waals surface area contributed by atoms with Crippen LogP contribution in [0.25, 0.3) is 0 Å². The van der Waals surface area contributed by atoms with Gasteiger partial charge in [-0.15, -0.1) is 0 Å². The second-order valence-corrected chi connectivity index (χ2v) is 13.6. The maximum absolute atomic E-state index is 3.87. The van der Waals surface area contributed by atoms with Crippen LogP contribution < -0.4 is 5.32 Å². The summed E-state index contributed by atoms with van der Waals surface area (Å²) < 4.78 is 1.29. The van der Waals surface area contributed by atoms with Crippen LogP contribution in [0.5, 0.6) is 0 Å². The van der Waals surface area contributed by atoms with Gasteiger partial charge in [-0.2, -0.15) is 0 Å². The summed E-state index contributed by atoms with van der Waals surface area (Å²) in [5.74, 6) is 4.63. The van der Waals surface area contributed by atoms with E-state index >= 15 is 0 Å². The Morgan fingerprint density at radius 1 is 1.00 bits per heavy atom. The van der Waals surface area contributed by atoms with E-state index in [9.17, 15) is 0 Å². The summed E-state index contributed by atoms with van der Waals surface area (Å²) in [6.45, 7) is 22.9. The third-order valence-electron chi connectivity index (χ3n) is 9.20. The molecule has 1 aliphatic carbocycles. The van der Waals surface area contributed by atoms with Gasteiger partial charge >= 0.3 is 0 Å². The van der Waals surface area contributed by atoms with Crippen molar-refractivity contribution >= 4 is 22.6 Å². The van der Waals surface area contributed by atoms with Gasteiger partial charge in [0.15, 0.2) is 0 Å². The molecule has 0 aliphatic heterocycles. The summed E-state index contributed by atoms with van der Waals surface area (Å²) in [5, 5.41) is 3.87. The highest BCUT2D eigenvalue weighted by atomic mass is 127. The van der Waals surface area contributed by atoms with Crippen molar-refractivity contribution in [2.45, 2.75) is 120 Å². The Morgan fingerprint density at radius 2 is 1.63 bits per heavy atom. The Bertz CT molecular complexity index is 475. The second kappa shape index (κ2) is 12.8. The molecule has 0 aromatic heterocycles. The number of hydrogen-bond donors (Lipinski definition) is 1. The zero-order chi connectivity index (χ0) is 23.1. The Hall–Kier alpha value is 0.690. The molecular weight excluding hydrogens is 477 g/mol. The van der Waals surface area contributed by atoms with Crippen molar-refractivity contribution < 1.29 is 0 Å². The number of halogens is 1. The first-order valence-electron chi connectivity index (χ1n) is 13.1. The summed E-state index contributed by atoms with van der Waals surface area (Å²) >= 11 is 2.59. The molecule has 30 heavy (non-hydrogen) atoms. The average Bonchev–Trinajstić information content (AvgIpc) is 2.67. The van der Waals surface area contributed by atoms with Gasteiger partial charge < -0.3 is 5.32 Å². The maximum atomic E-state index is 3.87. The third-order valence-corrected chi connectivity index (χ3v) is 9.96. The van der Waals surface area contributed by atoms with Crippen LogP contribution in [0.15, 0.2) is 0 Å². The molecule has 0 aromatic carbocycles. The monoisotopic (exact) mass is 533 g/mol. The molecule has 1 rings (SSSR count). The highest BCUT2D eigenvalue weighted by molar-refractivity contribution is 14.1. The van der Waals surface area contributed by atoms with Crippen molar-refractivity contribution in [1.29, 1.82) is 0 Å². The van der Waals surface area contributed by atoms with Gasteiger partial charge in [-0.25, -0.2) is 0 Å². The van der Waals surface area contributed by atoms with E-state index in [1.807, 2.05) is 0 Å². The zero-order valence-electron chi connectivity index (χ0n) is 22.3. The minimum absolute atomic E-state index is 0.374. The van der Waals surface area contributed by atoms with E-state index in [1.54, 1.807) is 0 Å². The second-order valence-electron chi connectivity index (χ2n) is 12.5. The highest BCUT2D eigenvalue weighted by Crippen LogP contribution is 2.56. The van der Waals surface area contributed by atoms with E-state index in [2.05, 4.69) is 97.3 Å². The van der Waals surface area contributed by atoms with Crippen LogP contribution in [0, 0.1) is 46.3 Å². The van der Waals surface area contributed by atoms with Crippen molar-refractivity contribution in [2.24, 2.45) is 46.3 Å². The molecule has 0 radical (unpaired) electrons. The molecule has 0 heterocycles. The number of hydrogen-bond acceptors (Lipinski definition) is 1. The highest BCUT2D eigenvalue weighted by Gasteiger charge is 2.49. The fraction of sp³-hybridized carbons (Fsp3) is 1.00. The molecule has 1 nitrogen and oxygen atoms in total. The lowest BCUT2D eigenvalue weighted by Gasteiger charge is -2.54. The van der Waals surface area contributed by atoms with E-state index in [-0.39, 0.29) is 0 Å². The lowest BCUT2D eigenvalue weighted by atomic mass is 9.52. The van der Waals surface area contributed by atoms with Crippen LogP contribution in [0.3, 0.4) is 0 Å². The van der Waals surface area contributed by atoms with Crippen LogP contribution in [-0.2, 0) is 0 Å². The number of alkyl halides is 1. The Labute approximate surface area is 204 Å². The molecule has 1 saturated carbocycles. The Balaban J connectivity index is 3.56. The van der Waals surface area contributed by atoms with Gasteiger partial charge in [0.2, 0.25) is 0 Å². The number of nitrogens with one attached hydrogen (secondary N) is 1. The van der Waals surface area contributed by atoms with E-state index in [4.69, 9.17) is 0 Å². The van der Waals surface area contributed by atoms with Gasteiger partial charge in [0, 0.05) is 6.04 Å². The summed E-state index contributed by atoms with van der Waals surface area (Å²) in [5.41, 5.74) is 0.828. The smallest absolute Gasteiger partial charge is 0.0100 e. The summed E-state index contributed by atoms with van der Waals surface area (Å²) in [6, 6.07) is 0.628. The zero-order valence-corrected chi connectivity index (χ0v) is 24.4. The Kier molecular flexibility index (Phi) is 12.3. The normalized spacial score (nSPS) is 39.3. The molecule has 0 aromatic rings. The van der Waals surface area contributed by atoms with Gasteiger partial charge in [-0.3, -0.25) is 0 Å². The molecule has 1 fully saturated rings. The molecule has 2 heteroatoms. The predicted molar refractivity (Wildman–Crippen MR) is 146 cm³/mol. The van der Waals surface area contributed by atoms with Crippen LogP contribution in [0.2, 0.25) is 0 Å². The standard InChI is InChI=1S/C28H56IN/c1-20(2)17-25-26(30-10)18-23(6)22(5)13-11-14-27(8,15-12-16-29)24(7)28(25,9)19-21(3)4/h20-26,30H,11-19H2,1-10H3/t22?,23?,24-,25?,26+,27?,28+/m1/s1. The minimum Gasteiger partial charge on any atom is -0.317 e. The first-order chi connectivity index (χ1) is 13.9. The largest absolute Gasteiger partial charge is 0.317 e. The minimum atomic E-state index is 0.374. The summed E-state index contributed by atoms with van der Waals surface area (Å²) in [7, 11) is 2.24. The van der Waals surface area contributed by atoms with Gasteiger partial charge in [-0.1, -0.05) is 97.7 Å². The van der Waals surface area contributed by atoms with E-state index in [0.29, 0.717) is 16.9 Å². The molecule has 0 spiro atoms. The average molecular weight is 534 g/mol. The molecule has 0 saturated heterocycles. The van der Waals surface area contributed by atoms with Crippen LogP contribution in [0.4, 0.5) is 0 Å². The molecule has 180 valence electrons. The lowest BCUT2D eigenvalue weighted by Crippen LogP contribution is -2.51. The molecular formula is C28H56IN. The molecule has 4 unspecified atom stereocenters. The van der Waals surface area contributed by atoms with E-state index < -0.39 is 0 Å². The van der Waals surface area contributed by atoms with Gasteiger partial charge in [0.1, 0.15) is 0 Å². The molecule has 0 amide bonds. The van der Waals surface area contributed by atoms with Crippen molar-refractivity contribution in [3.05, 3.63) is 0 Å². The van der Waals surface area contributed by atoms with Gasteiger partial charge in [-0.05, 0) is 96.3 Å². The van der Waals surface area contributed by atoms with Gasteiger partial charge in [0.05, 0.1) is 0 Å². The van der Waals surface area contributed by atoms with Crippen molar-refractivity contribution in [3.63, 3.8) is 0 Å². The van der Waals surface area contributed by atoms with Crippen LogP contribution >= 0.6 is 22.6 Å². The SMILES string of the molecule is CN[C@H]1CC(C)C(C)CCCC(C)(CCCI)[C@@H](C)[C@](C)(CC(C)C)C1CC(C)C. The first kappa shape index (κ1) is 28.7. The lowest BCUT2D eigenvalue weighted by molar-refractivity contribution is -0.0379. The summed E-state index contributed by atoms with van der Waals surface area (Å²) in [4.78, 5) is 0. The van der Waals surface area contributed by atoms with Crippen LogP contribution in [0.1, 0.15) is 114 Å². The Morgan fingerprint density at radius 3 is 2.13 bits per heavy atom. The molecule has 1 aliphatic rings. The fourth-order valence-corrected chi connectivity index (χ4v) is 7.36.